The van der Waals surface area contributed by atoms with Crippen LogP contribution in [0.3, 0.4) is 0 Å². The van der Waals surface area contributed by atoms with Gasteiger partial charge in [-0.2, -0.15) is 0 Å². The first-order valence-corrected chi connectivity index (χ1v) is 7.11. The molecular weight excluding hydrogens is 272 g/mol. The Hall–Kier alpha value is -2.11. The second kappa shape index (κ2) is 5.71. The summed E-state index contributed by atoms with van der Waals surface area (Å²) < 4.78 is 0. The number of aromatic nitrogens is 1. The van der Waals surface area contributed by atoms with Crippen molar-refractivity contribution in [2.45, 2.75) is 51.6 Å². The van der Waals surface area contributed by atoms with Crippen LogP contribution in [0.15, 0.2) is 16.9 Å². The fourth-order valence-corrected chi connectivity index (χ4v) is 2.28. The Balaban J connectivity index is 2.37. The summed E-state index contributed by atoms with van der Waals surface area (Å²) in [5, 5.41) is 9.16. The minimum atomic E-state index is -1.04. The van der Waals surface area contributed by atoms with Crippen molar-refractivity contribution in [2.75, 3.05) is 0 Å². The number of aliphatic carboxylic acids is 1. The fourth-order valence-electron chi connectivity index (χ4n) is 2.28. The molecule has 1 aliphatic carbocycles. The van der Waals surface area contributed by atoms with Gasteiger partial charge in [0, 0.05) is 23.4 Å². The van der Waals surface area contributed by atoms with Gasteiger partial charge in [-0.15, -0.1) is 0 Å². The highest BCUT2D eigenvalue weighted by Gasteiger charge is 2.38. The van der Waals surface area contributed by atoms with Crippen molar-refractivity contribution >= 4 is 11.9 Å². The van der Waals surface area contributed by atoms with Crippen molar-refractivity contribution in [3.63, 3.8) is 0 Å². The molecule has 0 aliphatic heterocycles. The molecule has 1 heterocycles. The van der Waals surface area contributed by atoms with Gasteiger partial charge in [0.15, 0.2) is 0 Å². The normalized spacial score (nSPS) is 15.8. The van der Waals surface area contributed by atoms with E-state index in [0.717, 1.165) is 12.8 Å². The minimum Gasteiger partial charge on any atom is -0.480 e. The third kappa shape index (κ3) is 3.32. The maximum atomic E-state index is 12.6. The fraction of sp³-hybridized carbons (Fsp3) is 0.533. The molecule has 0 spiro atoms. The maximum Gasteiger partial charge on any atom is 0.326 e. The van der Waals surface area contributed by atoms with Crippen molar-refractivity contribution in [1.29, 1.82) is 0 Å². The van der Waals surface area contributed by atoms with Crippen LogP contribution in [0.25, 0.3) is 0 Å². The van der Waals surface area contributed by atoms with E-state index in [1.807, 2.05) is 13.8 Å². The molecule has 1 atom stereocenters. The highest BCUT2D eigenvalue weighted by molar-refractivity contribution is 5.97. The number of carbonyl (C=O) groups is 2. The molecule has 1 aliphatic rings. The summed E-state index contributed by atoms with van der Waals surface area (Å²) in [4.78, 5) is 39.6. The lowest BCUT2D eigenvalue weighted by molar-refractivity contribution is -0.141. The highest BCUT2D eigenvalue weighted by atomic mass is 16.4. The van der Waals surface area contributed by atoms with Gasteiger partial charge in [-0.25, -0.2) is 4.79 Å². The lowest BCUT2D eigenvalue weighted by atomic mass is 10.1. The van der Waals surface area contributed by atoms with Crippen LogP contribution in [0.4, 0.5) is 0 Å². The number of nitrogens with zero attached hydrogens (tertiary/aromatic N) is 1. The summed E-state index contributed by atoms with van der Waals surface area (Å²) >= 11 is 0. The van der Waals surface area contributed by atoms with Crippen LogP contribution in [0.2, 0.25) is 0 Å². The van der Waals surface area contributed by atoms with E-state index in [0.29, 0.717) is 5.69 Å². The first kappa shape index (κ1) is 15.3. The van der Waals surface area contributed by atoms with E-state index in [-0.39, 0.29) is 29.0 Å². The van der Waals surface area contributed by atoms with E-state index in [1.54, 1.807) is 6.07 Å². The van der Waals surface area contributed by atoms with Crippen molar-refractivity contribution in [1.82, 2.24) is 9.88 Å². The second-order valence-electron chi connectivity index (χ2n) is 5.80. The number of rotatable bonds is 5. The molecule has 0 saturated heterocycles. The standard InChI is InChI=1S/C15H20N2O4/c1-8(2)12-6-10(7-13(18)16-12)14(19)17(11-4-5-11)9(3)15(20)21/h6-9,11H,4-5H2,1-3H3,(H,16,18)(H,20,21). The Morgan fingerprint density at radius 2 is 1.90 bits per heavy atom. The van der Waals surface area contributed by atoms with Crippen LogP contribution >= 0.6 is 0 Å². The Kier molecular flexibility index (Phi) is 4.16. The van der Waals surface area contributed by atoms with E-state index in [4.69, 9.17) is 5.11 Å². The summed E-state index contributed by atoms with van der Waals surface area (Å²) in [5.41, 5.74) is 0.579. The molecule has 21 heavy (non-hydrogen) atoms. The minimum absolute atomic E-state index is 0.0367. The van der Waals surface area contributed by atoms with Gasteiger partial charge in [-0.3, -0.25) is 9.59 Å². The Labute approximate surface area is 122 Å². The molecular formula is C15H20N2O4. The van der Waals surface area contributed by atoms with Crippen LogP contribution in [-0.4, -0.2) is 39.0 Å². The van der Waals surface area contributed by atoms with Gasteiger partial charge in [0.25, 0.3) is 5.91 Å². The number of carboxylic acid groups (broad SMARTS) is 1. The molecule has 0 aromatic carbocycles. The van der Waals surface area contributed by atoms with Crippen LogP contribution in [0.5, 0.6) is 0 Å². The van der Waals surface area contributed by atoms with E-state index in [9.17, 15) is 14.4 Å². The van der Waals surface area contributed by atoms with Crippen molar-refractivity contribution < 1.29 is 14.7 Å². The Morgan fingerprint density at radius 1 is 1.29 bits per heavy atom. The average molecular weight is 292 g/mol. The van der Waals surface area contributed by atoms with E-state index in [1.165, 1.54) is 17.9 Å². The number of hydrogen-bond acceptors (Lipinski definition) is 3. The Bertz CT molecular complexity index is 616. The smallest absolute Gasteiger partial charge is 0.326 e. The number of pyridine rings is 1. The van der Waals surface area contributed by atoms with E-state index >= 15 is 0 Å². The molecule has 0 radical (unpaired) electrons. The number of carboxylic acids is 1. The van der Waals surface area contributed by atoms with Gasteiger partial charge in [-0.05, 0) is 31.7 Å². The zero-order valence-corrected chi connectivity index (χ0v) is 12.4. The maximum absolute atomic E-state index is 12.6. The monoisotopic (exact) mass is 292 g/mol. The first-order valence-electron chi connectivity index (χ1n) is 7.11. The van der Waals surface area contributed by atoms with Gasteiger partial charge in [-0.1, -0.05) is 13.8 Å². The molecule has 2 N–H and O–H groups in total. The summed E-state index contributed by atoms with van der Waals surface area (Å²) in [6, 6.07) is 1.94. The third-order valence-electron chi connectivity index (χ3n) is 3.68. The van der Waals surface area contributed by atoms with Crippen molar-refractivity contribution in [3.8, 4) is 0 Å². The quantitative estimate of drug-likeness (QED) is 0.862. The molecule has 2 rings (SSSR count). The average Bonchev–Trinajstić information content (AvgIpc) is 3.22. The molecule has 1 fully saturated rings. The largest absolute Gasteiger partial charge is 0.480 e. The topological polar surface area (TPSA) is 90.5 Å². The molecule has 1 saturated carbocycles. The Morgan fingerprint density at radius 3 is 2.38 bits per heavy atom. The highest BCUT2D eigenvalue weighted by Crippen LogP contribution is 2.30. The predicted octanol–water partition coefficient (Wildman–Crippen LogP) is 1.58. The molecule has 0 bridgehead atoms. The van der Waals surface area contributed by atoms with Gasteiger partial charge in [0.1, 0.15) is 6.04 Å². The second-order valence-corrected chi connectivity index (χ2v) is 5.80. The van der Waals surface area contributed by atoms with E-state index in [2.05, 4.69) is 4.98 Å². The summed E-state index contributed by atoms with van der Waals surface area (Å²) in [7, 11) is 0. The number of H-pyrrole nitrogens is 1. The summed E-state index contributed by atoms with van der Waals surface area (Å²) in [5.74, 6) is -1.35. The van der Waals surface area contributed by atoms with Crippen molar-refractivity contribution in [3.05, 3.63) is 33.7 Å². The molecule has 6 nitrogen and oxygen atoms in total. The molecule has 1 unspecified atom stereocenters. The SMILES string of the molecule is CC(C)c1cc(C(=O)N(C2CC2)C(C)C(=O)O)cc(=O)[nH]1. The lowest BCUT2D eigenvalue weighted by Gasteiger charge is -2.26. The number of hydrogen-bond donors (Lipinski definition) is 2. The third-order valence-corrected chi connectivity index (χ3v) is 3.68. The van der Waals surface area contributed by atoms with Crippen LogP contribution < -0.4 is 5.56 Å². The number of nitrogens with one attached hydrogen (secondary N) is 1. The molecule has 1 aromatic rings. The summed E-state index contributed by atoms with van der Waals surface area (Å²) in [6.45, 7) is 5.32. The van der Waals surface area contributed by atoms with Gasteiger partial charge in [0.2, 0.25) is 5.56 Å². The van der Waals surface area contributed by atoms with Crippen molar-refractivity contribution in [2.24, 2.45) is 0 Å². The number of aromatic amines is 1. The molecule has 1 amide bonds. The van der Waals surface area contributed by atoms with Gasteiger partial charge in [0.05, 0.1) is 0 Å². The first-order chi connectivity index (χ1) is 9.81. The van der Waals surface area contributed by atoms with Crippen LogP contribution in [0, 0.1) is 0 Å². The number of carbonyl (C=O) groups excluding carboxylic acids is 1. The van der Waals surface area contributed by atoms with Crippen LogP contribution in [-0.2, 0) is 4.79 Å². The number of amides is 1. The van der Waals surface area contributed by atoms with Gasteiger partial charge < -0.3 is 15.0 Å². The molecule has 6 heteroatoms. The lowest BCUT2D eigenvalue weighted by Crippen LogP contribution is -2.45. The molecule has 114 valence electrons. The predicted molar refractivity (Wildman–Crippen MR) is 77.4 cm³/mol. The van der Waals surface area contributed by atoms with Gasteiger partial charge >= 0.3 is 5.97 Å². The zero-order chi connectivity index (χ0) is 15.7. The zero-order valence-electron chi connectivity index (χ0n) is 12.4. The molecule has 1 aromatic heterocycles. The summed E-state index contributed by atoms with van der Waals surface area (Å²) in [6.07, 6.45) is 1.62. The van der Waals surface area contributed by atoms with E-state index < -0.39 is 12.0 Å². The van der Waals surface area contributed by atoms with Crippen LogP contribution in [0.1, 0.15) is 55.6 Å².